The van der Waals surface area contributed by atoms with E-state index in [4.69, 9.17) is 0 Å². The molecule has 2 aromatic rings. The Hall–Kier alpha value is -2.62. The average molecular weight is 403 g/mol. The maximum absolute atomic E-state index is 13.7. The number of amides is 2. The van der Waals surface area contributed by atoms with Gasteiger partial charge in [-0.25, -0.2) is 0 Å². The van der Waals surface area contributed by atoms with Gasteiger partial charge in [-0.2, -0.15) is 0 Å². The number of carbonyl (C=O) groups excluding carboxylic acids is 2. The van der Waals surface area contributed by atoms with E-state index >= 15 is 0 Å². The largest absolute Gasteiger partial charge is 0.351 e. The third-order valence-corrected chi connectivity index (χ3v) is 7.47. The Labute approximate surface area is 178 Å². The molecule has 1 heterocycles. The molecule has 2 aliphatic carbocycles. The van der Waals surface area contributed by atoms with Crippen LogP contribution in [0, 0.1) is 0 Å². The summed E-state index contributed by atoms with van der Waals surface area (Å²) in [6.07, 6.45) is 8.50. The molecule has 5 rings (SSSR count). The first-order valence-corrected chi connectivity index (χ1v) is 11.4. The summed E-state index contributed by atoms with van der Waals surface area (Å²) in [5, 5.41) is 3.21. The van der Waals surface area contributed by atoms with Crippen molar-refractivity contribution in [3.8, 4) is 0 Å². The van der Waals surface area contributed by atoms with Gasteiger partial charge >= 0.3 is 0 Å². The summed E-state index contributed by atoms with van der Waals surface area (Å²) < 4.78 is 0. The van der Waals surface area contributed by atoms with Crippen molar-refractivity contribution in [2.75, 3.05) is 0 Å². The maximum Gasteiger partial charge on any atom is 0.254 e. The van der Waals surface area contributed by atoms with Crippen LogP contribution in [0.1, 0.15) is 78.8 Å². The number of carbonyl (C=O) groups is 2. The van der Waals surface area contributed by atoms with Crippen molar-refractivity contribution >= 4 is 11.8 Å². The van der Waals surface area contributed by atoms with E-state index in [2.05, 4.69) is 10.2 Å². The van der Waals surface area contributed by atoms with Crippen molar-refractivity contribution in [1.29, 1.82) is 0 Å². The molecule has 2 fully saturated rings. The van der Waals surface area contributed by atoms with Crippen LogP contribution in [-0.4, -0.2) is 28.3 Å². The fraction of sp³-hybridized carbons (Fsp3) is 0.462. The zero-order valence-electron chi connectivity index (χ0n) is 17.5. The quantitative estimate of drug-likeness (QED) is 0.799. The third-order valence-electron chi connectivity index (χ3n) is 7.47. The summed E-state index contributed by atoms with van der Waals surface area (Å²) in [4.78, 5) is 29.6. The molecule has 1 N–H and O–H groups in total. The molecule has 4 heteroatoms. The molecule has 2 saturated carbocycles. The van der Waals surface area contributed by atoms with Crippen LogP contribution in [0.5, 0.6) is 0 Å². The zero-order valence-corrected chi connectivity index (χ0v) is 17.5. The van der Waals surface area contributed by atoms with Crippen molar-refractivity contribution in [1.82, 2.24) is 10.2 Å². The third kappa shape index (κ3) is 3.13. The number of nitrogens with one attached hydrogen (secondary N) is 1. The number of rotatable bonds is 4. The topological polar surface area (TPSA) is 49.4 Å². The summed E-state index contributed by atoms with van der Waals surface area (Å²) >= 11 is 0. The van der Waals surface area contributed by atoms with Gasteiger partial charge in [0.2, 0.25) is 5.91 Å². The zero-order chi connectivity index (χ0) is 20.6. The van der Waals surface area contributed by atoms with E-state index in [1.807, 2.05) is 54.6 Å². The van der Waals surface area contributed by atoms with Crippen LogP contribution < -0.4 is 5.32 Å². The van der Waals surface area contributed by atoms with Crippen molar-refractivity contribution in [2.24, 2.45) is 0 Å². The van der Waals surface area contributed by atoms with Gasteiger partial charge in [-0.3, -0.25) is 9.59 Å². The van der Waals surface area contributed by atoms with E-state index in [1.165, 1.54) is 12.8 Å². The molecule has 0 unspecified atom stereocenters. The van der Waals surface area contributed by atoms with Gasteiger partial charge in [0.05, 0.1) is 11.5 Å². The predicted octanol–water partition coefficient (Wildman–Crippen LogP) is 4.80. The number of nitrogens with zero attached hydrogens (tertiary/aromatic N) is 1. The van der Waals surface area contributed by atoms with Gasteiger partial charge in [0.15, 0.2) is 0 Å². The SMILES string of the molecule is O=C(NCc1ccccc1)[C@H]1c2ccccc2C(=O)N(C2CCCC2)C12CCCC2. The second-order valence-corrected chi connectivity index (χ2v) is 9.15. The van der Waals surface area contributed by atoms with E-state index in [-0.39, 0.29) is 29.3 Å². The second kappa shape index (κ2) is 7.90. The lowest BCUT2D eigenvalue weighted by atomic mass is 9.70. The molecule has 1 atom stereocenters. The van der Waals surface area contributed by atoms with Crippen LogP contribution in [0.2, 0.25) is 0 Å². The minimum Gasteiger partial charge on any atom is -0.351 e. The Morgan fingerprint density at radius 3 is 2.33 bits per heavy atom. The lowest BCUT2D eigenvalue weighted by Crippen LogP contribution is -2.63. The number of benzene rings is 2. The summed E-state index contributed by atoms with van der Waals surface area (Å²) in [6, 6.07) is 18.1. The van der Waals surface area contributed by atoms with Crippen molar-refractivity contribution in [3.05, 3.63) is 71.3 Å². The number of fused-ring (bicyclic) bond motifs is 1. The lowest BCUT2D eigenvalue weighted by Gasteiger charge is -2.52. The number of hydrogen-bond acceptors (Lipinski definition) is 2. The van der Waals surface area contributed by atoms with Gasteiger partial charge in [0.1, 0.15) is 0 Å². The fourth-order valence-electron chi connectivity index (χ4n) is 6.19. The molecule has 4 nitrogen and oxygen atoms in total. The Morgan fingerprint density at radius 1 is 0.933 bits per heavy atom. The van der Waals surface area contributed by atoms with E-state index in [1.54, 1.807) is 0 Å². The average Bonchev–Trinajstić information content (AvgIpc) is 3.47. The molecule has 3 aliphatic rings. The van der Waals surface area contributed by atoms with E-state index in [0.29, 0.717) is 6.54 Å². The second-order valence-electron chi connectivity index (χ2n) is 9.15. The highest BCUT2D eigenvalue weighted by Gasteiger charge is 2.57. The highest BCUT2D eigenvalue weighted by Crippen LogP contribution is 2.52. The van der Waals surface area contributed by atoms with Crippen LogP contribution in [0.3, 0.4) is 0 Å². The minimum atomic E-state index is -0.374. The molecule has 1 aliphatic heterocycles. The summed E-state index contributed by atoms with van der Waals surface area (Å²) in [6.45, 7) is 0.520. The van der Waals surface area contributed by atoms with E-state index in [0.717, 1.165) is 55.2 Å². The van der Waals surface area contributed by atoms with Crippen LogP contribution >= 0.6 is 0 Å². The summed E-state index contributed by atoms with van der Waals surface area (Å²) in [5.41, 5.74) is 2.37. The molecule has 156 valence electrons. The smallest absolute Gasteiger partial charge is 0.254 e. The molecule has 2 amide bonds. The van der Waals surface area contributed by atoms with Crippen molar-refractivity contribution in [3.63, 3.8) is 0 Å². The van der Waals surface area contributed by atoms with Gasteiger partial charge in [0, 0.05) is 18.2 Å². The molecule has 0 bridgehead atoms. The van der Waals surface area contributed by atoms with Crippen LogP contribution in [0.4, 0.5) is 0 Å². The normalized spacial score (nSPS) is 23.0. The highest BCUT2D eigenvalue weighted by molar-refractivity contribution is 6.02. The lowest BCUT2D eigenvalue weighted by molar-refractivity contribution is -0.127. The standard InChI is InChI=1S/C26H30N2O2/c29-24(27-18-19-10-2-1-3-11-19)23-21-14-6-7-15-22(21)25(30)28(20-12-4-5-13-20)26(23)16-8-9-17-26/h1-3,6-7,10-11,14-15,20,23H,4-5,8-9,12-13,16-18H2,(H,27,29)/t23-/m1/s1. The molecule has 2 aromatic carbocycles. The van der Waals surface area contributed by atoms with E-state index < -0.39 is 0 Å². The van der Waals surface area contributed by atoms with Gasteiger partial charge in [0.25, 0.3) is 5.91 Å². The molecular formula is C26H30N2O2. The summed E-state index contributed by atoms with van der Waals surface area (Å²) in [7, 11) is 0. The molecule has 0 saturated heterocycles. The Kier molecular flexibility index (Phi) is 5.10. The van der Waals surface area contributed by atoms with Crippen molar-refractivity contribution in [2.45, 2.75) is 75.4 Å². The van der Waals surface area contributed by atoms with Crippen LogP contribution in [0.15, 0.2) is 54.6 Å². The monoisotopic (exact) mass is 402 g/mol. The predicted molar refractivity (Wildman–Crippen MR) is 117 cm³/mol. The summed E-state index contributed by atoms with van der Waals surface area (Å²) in [5.74, 6) is -0.0894. The first-order valence-electron chi connectivity index (χ1n) is 11.4. The maximum atomic E-state index is 13.7. The van der Waals surface area contributed by atoms with Gasteiger partial charge in [-0.05, 0) is 42.9 Å². The van der Waals surface area contributed by atoms with Crippen LogP contribution in [-0.2, 0) is 11.3 Å². The molecular weight excluding hydrogens is 372 g/mol. The number of hydrogen-bond donors (Lipinski definition) is 1. The Morgan fingerprint density at radius 2 is 1.60 bits per heavy atom. The minimum absolute atomic E-state index is 0.0590. The van der Waals surface area contributed by atoms with Crippen LogP contribution in [0.25, 0.3) is 0 Å². The Bertz CT molecular complexity index is 927. The molecule has 1 spiro atoms. The first-order chi connectivity index (χ1) is 14.7. The first kappa shape index (κ1) is 19.3. The van der Waals surface area contributed by atoms with Crippen molar-refractivity contribution < 1.29 is 9.59 Å². The van der Waals surface area contributed by atoms with Gasteiger partial charge in [-0.15, -0.1) is 0 Å². The molecule has 0 radical (unpaired) electrons. The van der Waals surface area contributed by atoms with Gasteiger partial charge < -0.3 is 10.2 Å². The molecule has 30 heavy (non-hydrogen) atoms. The van der Waals surface area contributed by atoms with E-state index in [9.17, 15) is 9.59 Å². The highest BCUT2D eigenvalue weighted by atomic mass is 16.2. The Balaban J connectivity index is 1.55. The molecule has 0 aromatic heterocycles. The fourth-order valence-corrected chi connectivity index (χ4v) is 6.19. The van der Waals surface area contributed by atoms with Gasteiger partial charge in [-0.1, -0.05) is 74.2 Å².